The van der Waals surface area contributed by atoms with Gasteiger partial charge in [-0.05, 0) is 26.0 Å². The van der Waals surface area contributed by atoms with Crippen LogP contribution in [0, 0.1) is 5.92 Å². The number of nitrogens with two attached hydrogens (primary N) is 1. The Hall–Kier alpha value is -1.33. The summed E-state index contributed by atoms with van der Waals surface area (Å²) in [5.74, 6) is 0.599. The number of nitrogen functional groups attached to an aromatic ring is 1. The fourth-order valence-corrected chi connectivity index (χ4v) is 2.06. The monoisotopic (exact) mass is 251 g/mol. The molecule has 3 N–H and O–H groups in total. The lowest BCUT2D eigenvalue weighted by molar-refractivity contribution is -0.0158. The SMILES string of the molecule is CC(C)(O)C1COCCN(c2ccc(N)nc2)C1. The highest BCUT2D eigenvalue weighted by Gasteiger charge is 2.30. The van der Waals surface area contributed by atoms with Crippen molar-refractivity contribution in [1.29, 1.82) is 0 Å². The van der Waals surface area contributed by atoms with E-state index in [0.717, 1.165) is 18.8 Å². The number of anilines is 2. The lowest BCUT2D eigenvalue weighted by atomic mass is 9.91. The lowest BCUT2D eigenvalue weighted by Crippen LogP contribution is -2.41. The molecule has 1 aliphatic rings. The van der Waals surface area contributed by atoms with Gasteiger partial charge in [-0.25, -0.2) is 4.98 Å². The van der Waals surface area contributed by atoms with Crippen molar-refractivity contribution in [3.63, 3.8) is 0 Å². The van der Waals surface area contributed by atoms with Crippen molar-refractivity contribution in [3.05, 3.63) is 18.3 Å². The van der Waals surface area contributed by atoms with Crippen LogP contribution in [-0.2, 0) is 4.74 Å². The van der Waals surface area contributed by atoms with E-state index in [9.17, 15) is 5.11 Å². The van der Waals surface area contributed by atoms with Gasteiger partial charge in [-0.15, -0.1) is 0 Å². The van der Waals surface area contributed by atoms with Crippen molar-refractivity contribution in [2.45, 2.75) is 19.4 Å². The Morgan fingerprint density at radius 1 is 1.50 bits per heavy atom. The first-order chi connectivity index (χ1) is 8.47. The van der Waals surface area contributed by atoms with Gasteiger partial charge in [0, 0.05) is 19.0 Å². The molecule has 1 aliphatic heterocycles. The van der Waals surface area contributed by atoms with Crippen molar-refractivity contribution in [3.8, 4) is 0 Å². The van der Waals surface area contributed by atoms with Crippen molar-refractivity contribution < 1.29 is 9.84 Å². The largest absolute Gasteiger partial charge is 0.390 e. The normalized spacial score (nSPS) is 21.7. The molecule has 0 saturated carbocycles. The molecule has 1 aromatic rings. The Balaban J connectivity index is 2.14. The Bertz CT molecular complexity index is 386. The predicted octanol–water partition coefficient (Wildman–Crippen LogP) is 0.887. The first kappa shape index (κ1) is 13.1. The van der Waals surface area contributed by atoms with Crippen molar-refractivity contribution in [2.24, 2.45) is 5.92 Å². The highest BCUT2D eigenvalue weighted by atomic mass is 16.5. The molecular weight excluding hydrogens is 230 g/mol. The summed E-state index contributed by atoms with van der Waals surface area (Å²) in [6, 6.07) is 3.75. The van der Waals surface area contributed by atoms with Crippen LogP contribution in [0.1, 0.15) is 13.8 Å². The average molecular weight is 251 g/mol. The molecule has 1 fully saturated rings. The Morgan fingerprint density at radius 2 is 2.28 bits per heavy atom. The molecule has 2 rings (SSSR count). The summed E-state index contributed by atoms with van der Waals surface area (Å²) in [5, 5.41) is 10.1. The van der Waals surface area contributed by atoms with Gasteiger partial charge >= 0.3 is 0 Å². The minimum absolute atomic E-state index is 0.0811. The molecule has 1 saturated heterocycles. The predicted molar refractivity (Wildman–Crippen MR) is 71.5 cm³/mol. The van der Waals surface area contributed by atoms with Crippen LogP contribution in [0.4, 0.5) is 11.5 Å². The average Bonchev–Trinajstić information content (AvgIpc) is 2.55. The number of hydrogen-bond acceptors (Lipinski definition) is 5. The van der Waals surface area contributed by atoms with E-state index < -0.39 is 5.60 Å². The summed E-state index contributed by atoms with van der Waals surface area (Å²) in [6.07, 6.45) is 1.77. The van der Waals surface area contributed by atoms with Gasteiger partial charge in [-0.1, -0.05) is 0 Å². The van der Waals surface area contributed by atoms with E-state index in [2.05, 4.69) is 9.88 Å². The highest BCUT2D eigenvalue weighted by Crippen LogP contribution is 2.24. The smallest absolute Gasteiger partial charge is 0.123 e. The highest BCUT2D eigenvalue weighted by molar-refractivity contribution is 5.48. The summed E-state index contributed by atoms with van der Waals surface area (Å²) >= 11 is 0. The molecule has 1 unspecified atom stereocenters. The Morgan fingerprint density at radius 3 is 2.89 bits per heavy atom. The molecule has 0 aliphatic carbocycles. The van der Waals surface area contributed by atoms with Crippen molar-refractivity contribution >= 4 is 11.5 Å². The fraction of sp³-hybridized carbons (Fsp3) is 0.615. The van der Waals surface area contributed by atoms with Crippen molar-refractivity contribution in [1.82, 2.24) is 4.98 Å². The maximum atomic E-state index is 10.1. The lowest BCUT2D eigenvalue weighted by Gasteiger charge is -2.32. The third-order valence-corrected chi connectivity index (χ3v) is 3.40. The van der Waals surface area contributed by atoms with Gasteiger partial charge in [0.1, 0.15) is 5.82 Å². The minimum Gasteiger partial charge on any atom is -0.390 e. The van der Waals surface area contributed by atoms with E-state index in [4.69, 9.17) is 10.5 Å². The van der Waals surface area contributed by atoms with E-state index >= 15 is 0 Å². The third kappa shape index (κ3) is 3.11. The fourth-order valence-electron chi connectivity index (χ4n) is 2.06. The molecular formula is C13H21N3O2. The number of ether oxygens (including phenoxy) is 1. The molecule has 5 heteroatoms. The van der Waals surface area contributed by atoms with Gasteiger partial charge in [0.05, 0.1) is 30.7 Å². The molecule has 1 aromatic heterocycles. The van der Waals surface area contributed by atoms with Gasteiger partial charge < -0.3 is 20.5 Å². The quantitative estimate of drug-likeness (QED) is 0.816. The van der Waals surface area contributed by atoms with E-state index in [-0.39, 0.29) is 5.92 Å². The molecule has 100 valence electrons. The summed E-state index contributed by atoms with van der Waals surface area (Å²) < 4.78 is 5.56. The first-order valence-electron chi connectivity index (χ1n) is 6.23. The van der Waals surface area contributed by atoms with Gasteiger partial charge in [0.2, 0.25) is 0 Å². The first-order valence-corrected chi connectivity index (χ1v) is 6.23. The zero-order valence-electron chi connectivity index (χ0n) is 11.0. The van der Waals surface area contributed by atoms with E-state index in [1.54, 1.807) is 12.3 Å². The maximum Gasteiger partial charge on any atom is 0.123 e. The second-order valence-electron chi connectivity index (χ2n) is 5.31. The molecule has 0 amide bonds. The van der Waals surface area contributed by atoms with Crippen LogP contribution < -0.4 is 10.6 Å². The molecule has 5 nitrogen and oxygen atoms in total. The maximum absolute atomic E-state index is 10.1. The van der Waals surface area contributed by atoms with Gasteiger partial charge in [-0.2, -0.15) is 0 Å². The van der Waals surface area contributed by atoms with Crippen LogP contribution in [0.25, 0.3) is 0 Å². The van der Waals surface area contributed by atoms with Crippen LogP contribution >= 0.6 is 0 Å². The molecule has 0 radical (unpaired) electrons. The van der Waals surface area contributed by atoms with Gasteiger partial charge in [-0.3, -0.25) is 0 Å². The van der Waals surface area contributed by atoms with Crippen LogP contribution in [-0.4, -0.2) is 42.0 Å². The van der Waals surface area contributed by atoms with Crippen LogP contribution in [0.2, 0.25) is 0 Å². The number of rotatable bonds is 2. The van der Waals surface area contributed by atoms with Crippen LogP contribution in [0.3, 0.4) is 0 Å². The molecule has 0 aromatic carbocycles. The summed E-state index contributed by atoms with van der Waals surface area (Å²) in [5.41, 5.74) is 5.86. The standard InChI is InChI=1S/C13H21N3O2/c1-13(2,17)10-8-16(5-6-18-9-10)11-3-4-12(14)15-7-11/h3-4,7,10,17H,5-6,8-9H2,1-2H3,(H2,14,15). The molecule has 18 heavy (non-hydrogen) atoms. The molecule has 0 spiro atoms. The van der Waals surface area contributed by atoms with Crippen LogP contribution in [0.5, 0.6) is 0 Å². The Kier molecular flexibility index (Phi) is 3.73. The van der Waals surface area contributed by atoms with Crippen molar-refractivity contribution in [2.75, 3.05) is 36.9 Å². The summed E-state index contributed by atoms with van der Waals surface area (Å²) in [7, 11) is 0. The minimum atomic E-state index is -0.746. The van der Waals surface area contributed by atoms with E-state index in [1.807, 2.05) is 19.9 Å². The van der Waals surface area contributed by atoms with Gasteiger partial charge in [0.15, 0.2) is 0 Å². The van der Waals surface area contributed by atoms with E-state index in [1.165, 1.54) is 0 Å². The Labute approximate surface area is 108 Å². The number of pyridine rings is 1. The topological polar surface area (TPSA) is 71.6 Å². The second-order valence-corrected chi connectivity index (χ2v) is 5.31. The molecule has 0 bridgehead atoms. The third-order valence-electron chi connectivity index (χ3n) is 3.40. The zero-order chi connectivity index (χ0) is 13.2. The number of aromatic nitrogens is 1. The molecule has 1 atom stereocenters. The summed E-state index contributed by atoms with van der Waals surface area (Å²) in [6.45, 7) is 6.46. The summed E-state index contributed by atoms with van der Waals surface area (Å²) in [4.78, 5) is 6.29. The zero-order valence-corrected chi connectivity index (χ0v) is 11.0. The number of hydrogen-bond donors (Lipinski definition) is 2. The van der Waals surface area contributed by atoms with Gasteiger partial charge in [0.25, 0.3) is 0 Å². The van der Waals surface area contributed by atoms with Crippen LogP contribution in [0.15, 0.2) is 18.3 Å². The van der Waals surface area contributed by atoms with E-state index in [0.29, 0.717) is 19.0 Å². The second kappa shape index (κ2) is 5.12. The number of aliphatic hydroxyl groups is 1. The molecule has 2 heterocycles. The number of nitrogens with zero attached hydrogens (tertiary/aromatic N) is 2.